The molecule has 0 spiro atoms. The predicted molar refractivity (Wildman–Crippen MR) is 80.8 cm³/mol. The van der Waals surface area contributed by atoms with Crippen LogP contribution in [0.4, 0.5) is 11.5 Å². The van der Waals surface area contributed by atoms with Gasteiger partial charge < -0.3 is 20.9 Å². The molecule has 6 nitrogen and oxygen atoms in total. The summed E-state index contributed by atoms with van der Waals surface area (Å²) >= 11 is 0. The molecule has 1 aromatic heterocycles. The number of carboxylic acid groups (broad SMARTS) is 1. The zero-order valence-corrected chi connectivity index (χ0v) is 11.7. The largest absolute Gasteiger partial charge is 0.497 e. The zero-order chi connectivity index (χ0) is 15.2. The minimum absolute atomic E-state index is 0.0700. The molecular formula is C15H17N3O3. The molecule has 6 heteroatoms. The van der Waals surface area contributed by atoms with Gasteiger partial charge in [-0.3, -0.25) is 0 Å². The Morgan fingerprint density at radius 2 is 2.24 bits per heavy atom. The lowest BCUT2D eigenvalue weighted by Crippen LogP contribution is -2.11. The highest BCUT2D eigenvalue weighted by Crippen LogP contribution is 2.16. The number of nitrogens with two attached hydrogens (primary N) is 1. The molecule has 21 heavy (non-hydrogen) atoms. The number of carboxylic acids is 1. The first kappa shape index (κ1) is 14.6. The summed E-state index contributed by atoms with van der Waals surface area (Å²) in [6.45, 7) is 0.560. The molecule has 110 valence electrons. The molecule has 0 fully saturated rings. The van der Waals surface area contributed by atoms with Crippen LogP contribution in [-0.2, 0) is 6.42 Å². The van der Waals surface area contributed by atoms with Crippen molar-refractivity contribution in [3.8, 4) is 5.75 Å². The summed E-state index contributed by atoms with van der Waals surface area (Å²) in [5.41, 5.74) is 7.04. The first-order chi connectivity index (χ1) is 10.1. The van der Waals surface area contributed by atoms with Crippen molar-refractivity contribution < 1.29 is 14.6 Å². The maximum atomic E-state index is 11.1. The lowest BCUT2D eigenvalue weighted by molar-refractivity contribution is 0.0697. The number of carbonyl (C=O) groups is 1. The Bertz CT molecular complexity index is 644. The Kier molecular flexibility index (Phi) is 4.61. The highest BCUT2D eigenvalue weighted by molar-refractivity contribution is 5.94. The number of nitrogens with one attached hydrogen (secondary N) is 1. The van der Waals surface area contributed by atoms with E-state index in [1.807, 2.05) is 24.3 Å². The lowest BCUT2D eigenvalue weighted by atomic mass is 10.1. The molecule has 0 aliphatic rings. The Morgan fingerprint density at radius 1 is 1.43 bits per heavy atom. The second-order valence-corrected chi connectivity index (χ2v) is 4.50. The summed E-state index contributed by atoms with van der Waals surface area (Å²) in [6, 6.07) is 9.11. The number of nitrogens with zero attached hydrogens (tertiary/aromatic N) is 1. The van der Waals surface area contributed by atoms with E-state index < -0.39 is 5.97 Å². The lowest BCUT2D eigenvalue weighted by Gasteiger charge is -2.09. The van der Waals surface area contributed by atoms with E-state index in [4.69, 9.17) is 15.6 Å². The number of methoxy groups -OCH3 is 1. The fraction of sp³-hybridized carbons (Fsp3) is 0.200. The number of aromatic nitrogens is 1. The number of pyridine rings is 1. The Hall–Kier alpha value is -2.76. The second-order valence-electron chi connectivity index (χ2n) is 4.50. The van der Waals surface area contributed by atoms with Gasteiger partial charge in [0.25, 0.3) is 0 Å². The topological polar surface area (TPSA) is 97.5 Å². The van der Waals surface area contributed by atoms with E-state index in [1.54, 1.807) is 7.11 Å². The molecule has 0 aliphatic carbocycles. The van der Waals surface area contributed by atoms with Gasteiger partial charge in [0.05, 0.1) is 19.0 Å². The minimum Gasteiger partial charge on any atom is -0.497 e. The Labute approximate surface area is 122 Å². The van der Waals surface area contributed by atoms with Crippen LogP contribution >= 0.6 is 0 Å². The quantitative estimate of drug-likeness (QED) is 0.752. The van der Waals surface area contributed by atoms with E-state index in [1.165, 1.54) is 12.3 Å². The standard InChI is InChI=1S/C15H17N3O3/c1-21-12-4-2-3-10(7-12)5-6-17-14-13(15(19)20)8-11(16)9-18-14/h2-4,7-9H,5-6,16H2,1H3,(H,17,18)(H,19,20). The van der Waals surface area contributed by atoms with Crippen LogP contribution in [0.15, 0.2) is 36.5 Å². The van der Waals surface area contributed by atoms with Crippen molar-refractivity contribution in [1.82, 2.24) is 4.98 Å². The third kappa shape index (κ3) is 3.85. The van der Waals surface area contributed by atoms with Crippen LogP contribution in [-0.4, -0.2) is 29.7 Å². The van der Waals surface area contributed by atoms with Gasteiger partial charge in [-0.2, -0.15) is 0 Å². The van der Waals surface area contributed by atoms with E-state index in [0.717, 1.165) is 17.7 Å². The molecular weight excluding hydrogens is 270 g/mol. The smallest absolute Gasteiger partial charge is 0.339 e. The number of benzene rings is 1. The van der Waals surface area contributed by atoms with Crippen molar-refractivity contribution in [3.63, 3.8) is 0 Å². The van der Waals surface area contributed by atoms with Crippen LogP contribution in [0.3, 0.4) is 0 Å². The highest BCUT2D eigenvalue weighted by Gasteiger charge is 2.11. The predicted octanol–water partition coefficient (Wildman–Crippen LogP) is 2.03. The summed E-state index contributed by atoms with van der Waals surface area (Å²) in [7, 11) is 1.62. The molecule has 0 radical (unpaired) electrons. The molecule has 0 bridgehead atoms. The van der Waals surface area contributed by atoms with E-state index in [-0.39, 0.29) is 5.56 Å². The first-order valence-electron chi connectivity index (χ1n) is 6.46. The molecule has 0 saturated heterocycles. The molecule has 2 aromatic rings. The maximum Gasteiger partial charge on any atom is 0.339 e. The van der Waals surface area contributed by atoms with Crippen molar-refractivity contribution >= 4 is 17.5 Å². The van der Waals surface area contributed by atoms with E-state index >= 15 is 0 Å². The molecule has 1 heterocycles. The number of aromatic carboxylic acids is 1. The van der Waals surface area contributed by atoms with Crippen LogP contribution in [0.1, 0.15) is 15.9 Å². The average molecular weight is 287 g/mol. The van der Waals surface area contributed by atoms with E-state index in [9.17, 15) is 4.79 Å². The number of nitrogen functional groups attached to an aromatic ring is 1. The molecule has 0 unspecified atom stereocenters. The summed E-state index contributed by atoms with van der Waals surface area (Å²) in [6.07, 6.45) is 2.16. The maximum absolute atomic E-state index is 11.1. The SMILES string of the molecule is COc1cccc(CCNc2ncc(N)cc2C(=O)O)c1. The molecule has 4 N–H and O–H groups in total. The number of rotatable bonds is 6. The van der Waals surface area contributed by atoms with Gasteiger partial charge in [-0.1, -0.05) is 12.1 Å². The Morgan fingerprint density at radius 3 is 2.95 bits per heavy atom. The second kappa shape index (κ2) is 6.60. The molecule has 0 amide bonds. The number of ether oxygens (including phenoxy) is 1. The Balaban J connectivity index is 2.01. The highest BCUT2D eigenvalue weighted by atomic mass is 16.5. The molecule has 1 aromatic carbocycles. The fourth-order valence-corrected chi connectivity index (χ4v) is 1.94. The van der Waals surface area contributed by atoms with Crippen LogP contribution in [0.25, 0.3) is 0 Å². The third-order valence-corrected chi connectivity index (χ3v) is 2.98. The number of hydrogen-bond donors (Lipinski definition) is 3. The number of hydrogen-bond acceptors (Lipinski definition) is 5. The summed E-state index contributed by atoms with van der Waals surface area (Å²) in [5.74, 6) is 0.0580. The molecule has 2 rings (SSSR count). The van der Waals surface area contributed by atoms with Crippen molar-refractivity contribution in [2.45, 2.75) is 6.42 Å². The molecule has 0 atom stereocenters. The normalized spacial score (nSPS) is 10.1. The van der Waals surface area contributed by atoms with Gasteiger partial charge in [0.2, 0.25) is 0 Å². The molecule has 0 aliphatic heterocycles. The molecule has 0 saturated carbocycles. The van der Waals surface area contributed by atoms with Crippen LogP contribution < -0.4 is 15.8 Å². The van der Waals surface area contributed by atoms with E-state index in [0.29, 0.717) is 18.1 Å². The number of anilines is 2. The van der Waals surface area contributed by atoms with Gasteiger partial charge in [0.15, 0.2) is 0 Å². The van der Waals surface area contributed by atoms with Crippen molar-refractivity contribution in [2.75, 3.05) is 24.7 Å². The van der Waals surface area contributed by atoms with Crippen LogP contribution in [0, 0.1) is 0 Å². The zero-order valence-electron chi connectivity index (χ0n) is 11.7. The summed E-state index contributed by atoms with van der Waals surface area (Å²) in [5, 5.41) is 12.1. The summed E-state index contributed by atoms with van der Waals surface area (Å²) in [4.78, 5) is 15.2. The van der Waals surface area contributed by atoms with Gasteiger partial charge in [-0.15, -0.1) is 0 Å². The van der Waals surface area contributed by atoms with Crippen LogP contribution in [0.2, 0.25) is 0 Å². The first-order valence-corrected chi connectivity index (χ1v) is 6.46. The van der Waals surface area contributed by atoms with Crippen molar-refractivity contribution in [1.29, 1.82) is 0 Å². The fourth-order valence-electron chi connectivity index (χ4n) is 1.94. The minimum atomic E-state index is -1.06. The van der Waals surface area contributed by atoms with E-state index in [2.05, 4.69) is 10.3 Å². The summed E-state index contributed by atoms with van der Waals surface area (Å²) < 4.78 is 5.16. The average Bonchev–Trinajstić information content (AvgIpc) is 2.48. The van der Waals surface area contributed by atoms with Gasteiger partial charge in [-0.25, -0.2) is 9.78 Å². The van der Waals surface area contributed by atoms with Crippen molar-refractivity contribution in [3.05, 3.63) is 47.7 Å². The van der Waals surface area contributed by atoms with Gasteiger partial charge >= 0.3 is 5.97 Å². The van der Waals surface area contributed by atoms with Gasteiger partial charge in [-0.05, 0) is 30.2 Å². The monoisotopic (exact) mass is 287 g/mol. The van der Waals surface area contributed by atoms with Crippen molar-refractivity contribution in [2.24, 2.45) is 0 Å². The third-order valence-electron chi connectivity index (χ3n) is 2.98. The van der Waals surface area contributed by atoms with Crippen LogP contribution in [0.5, 0.6) is 5.75 Å². The van der Waals surface area contributed by atoms with Gasteiger partial charge in [0.1, 0.15) is 17.1 Å². The van der Waals surface area contributed by atoms with Gasteiger partial charge in [0, 0.05) is 6.54 Å².